The summed E-state index contributed by atoms with van der Waals surface area (Å²) in [5.41, 5.74) is -11.3. The molecule has 5 aromatic carbocycles. The highest BCUT2D eigenvalue weighted by Crippen LogP contribution is 2.30. The lowest BCUT2D eigenvalue weighted by Crippen LogP contribution is -3.16. The Balaban J connectivity index is 0.000000405. The van der Waals surface area contributed by atoms with Crippen molar-refractivity contribution in [3.63, 3.8) is 0 Å². The molecule has 22 heteroatoms. The Morgan fingerprint density at radius 2 is 0.619 bits per heavy atom. The fraction of sp³-hybridized carbons (Fsp3) is 0.268. The predicted octanol–water partition coefficient (Wildman–Crippen LogP) is 9.08. The molecule has 0 aliphatic rings. The lowest BCUT2D eigenvalue weighted by atomic mass is 9.12. The molecule has 342 valence electrons. The molecule has 0 saturated carbocycles. The lowest BCUT2D eigenvalue weighted by molar-refractivity contribution is -0.955. The average Bonchev–Trinajstić information content (AvgIpc) is 3.24. The van der Waals surface area contributed by atoms with Crippen molar-refractivity contribution in [2.24, 2.45) is 0 Å². The number of halogens is 20. The molecule has 0 bridgehead atoms. The highest BCUT2D eigenvalue weighted by atomic mass is 19.2. The third kappa shape index (κ3) is 8.58. The van der Waals surface area contributed by atoms with E-state index in [-0.39, 0.29) is 0 Å². The fourth-order valence-electron chi connectivity index (χ4n) is 7.46. The maximum Gasteiger partial charge on any atom is 0.200 e. The van der Waals surface area contributed by atoms with Crippen molar-refractivity contribution in [3.05, 3.63) is 152 Å². The summed E-state index contributed by atoms with van der Waals surface area (Å²) in [7, 11) is 0. The molecule has 0 aliphatic carbocycles. The van der Waals surface area contributed by atoms with Crippen LogP contribution in [0.1, 0.15) is 58.6 Å². The van der Waals surface area contributed by atoms with Gasteiger partial charge in [0.15, 0.2) is 69.8 Å². The standard InChI is InChI=1S/C24BF20.C17H29N/c26-5-1(6(27)14(35)21(42)13(5)34)25(2-7(28)15(36)22(43)16(37)8(2)29,3-9(30)17(38)23(44)18(39)10(3)31)4-11(32)19(40)24(45)20(41)12(4)33;1-6-7-9-16-10-8-11-17(12-16)13-18(14(2)3)15(4)5/h;8,10-12,14-15H,6-7,9,13H2,1-5H3/q-1;/p+1. The first-order valence-corrected chi connectivity index (χ1v) is 18.4. The minimum atomic E-state index is -7.22. The van der Waals surface area contributed by atoms with E-state index in [9.17, 15) is 52.7 Å². The Bertz CT molecular complexity index is 2170. The van der Waals surface area contributed by atoms with E-state index in [1.807, 2.05) is 0 Å². The molecule has 0 atom stereocenters. The predicted molar refractivity (Wildman–Crippen MR) is 189 cm³/mol. The SMILES string of the molecule is CCCCc1cccc(C[NH+](C(C)C)C(C)C)c1.Fc1c(F)c(F)c([B-](c2c(F)c(F)c(F)c(F)c2F)(c2c(F)c(F)c(F)c(F)c2F)c2c(F)c(F)c(F)c(F)c2F)c(F)c1F. The van der Waals surface area contributed by atoms with Gasteiger partial charge in [0.1, 0.15) is 59.2 Å². The van der Waals surface area contributed by atoms with Gasteiger partial charge in [-0.3, -0.25) is 0 Å². The Hall–Kier alpha value is -5.28. The van der Waals surface area contributed by atoms with Crippen LogP contribution in [-0.2, 0) is 13.0 Å². The smallest absolute Gasteiger partial charge is 0.200 e. The second kappa shape index (κ2) is 19.2. The van der Waals surface area contributed by atoms with Crippen LogP contribution in [0.5, 0.6) is 0 Å². The van der Waals surface area contributed by atoms with Crippen molar-refractivity contribution in [1.82, 2.24) is 0 Å². The van der Waals surface area contributed by atoms with Gasteiger partial charge < -0.3 is 4.90 Å². The van der Waals surface area contributed by atoms with Gasteiger partial charge in [-0.15, -0.1) is 21.9 Å². The number of benzene rings is 5. The topological polar surface area (TPSA) is 4.44 Å². The largest absolute Gasteiger partial charge is 0.327 e. The van der Waals surface area contributed by atoms with Crippen LogP contribution in [0.4, 0.5) is 87.8 Å². The Morgan fingerprint density at radius 3 is 0.857 bits per heavy atom. The molecule has 0 radical (unpaired) electrons. The van der Waals surface area contributed by atoms with Crippen LogP contribution in [0.2, 0.25) is 0 Å². The zero-order valence-corrected chi connectivity index (χ0v) is 32.9. The number of hydrogen-bond acceptors (Lipinski definition) is 0. The highest BCUT2D eigenvalue weighted by Gasteiger charge is 2.52. The van der Waals surface area contributed by atoms with Gasteiger partial charge in [0, 0.05) is 5.56 Å². The number of hydrogen-bond donors (Lipinski definition) is 1. The second-order valence-corrected chi connectivity index (χ2v) is 14.8. The molecule has 0 spiro atoms. The number of unbranched alkanes of at least 4 members (excludes halogenated alkanes) is 1. The second-order valence-electron chi connectivity index (χ2n) is 14.8. The summed E-state index contributed by atoms with van der Waals surface area (Å²) in [6, 6.07) is 10.5. The van der Waals surface area contributed by atoms with E-state index in [1.165, 1.54) is 30.4 Å². The Labute approximate surface area is 344 Å². The number of quaternary nitrogens is 1. The third-order valence-corrected chi connectivity index (χ3v) is 10.4. The van der Waals surface area contributed by atoms with Crippen molar-refractivity contribution in [3.8, 4) is 0 Å². The van der Waals surface area contributed by atoms with Crippen LogP contribution in [-0.4, -0.2) is 18.2 Å². The summed E-state index contributed by atoms with van der Waals surface area (Å²) in [5.74, 6) is -71.4. The van der Waals surface area contributed by atoms with E-state index in [4.69, 9.17) is 0 Å². The lowest BCUT2D eigenvalue weighted by Gasteiger charge is -2.44. The van der Waals surface area contributed by atoms with Crippen LogP contribution >= 0.6 is 0 Å². The van der Waals surface area contributed by atoms with E-state index in [0.717, 1.165) is 6.54 Å². The van der Waals surface area contributed by atoms with Gasteiger partial charge in [-0.1, -0.05) is 37.6 Å². The first kappa shape index (κ1) is 50.4. The van der Waals surface area contributed by atoms with Crippen LogP contribution in [0, 0.1) is 116 Å². The zero-order valence-electron chi connectivity index (χ0n) is 32.9. The quantitative estimate of drug-likeness (QED) is 0.0584. The Kier molecular flexibility index (Phi) is 15.4. The molecule has 0 unspecified atom stereocenters. The molecule has 0 heterocycles. The van der Waals surface area contributed by atoms with Gasteiger partial charge in [0.2, 0.25) is 0 Å². The number of rotatable bonds is 11. The fourth-order valence-corrected chi connectivity index (χ4v) is 7.46. The maximum absolute atomic E-state index is 15.4. The molecular formula is C41H30BF20N. The van der Waals surface area contributed by atoms with Crippen molar-refractivity contribution in [2.45, 2.75) is 72.5 Å². The van der Waals surface area contributed by atoms with Crippen molar-refractivity contribution >= 4 is 28.0 Å². The van der Waals surface area contributed by atoms with Gasteiger partial charge in [0.25, 0.3) is 0 Å². The van der Waals surface area contributed by atoms with Crippen LogP contribution < -0.4 is 26.8 Å². The molecule has 0 aromatic heterocycles. The van der Waals surface area contributed by atoms with E-state index in [2.05, 4.69) is 58.9 Å². The molecule has 1 N–H and O–H groups in total. The normalized spacial score (nSPS) is 11.9. The molecule has 5 rings (SSSR count). The molecule has 0 fully saturated rings. The van der Waals surface area contributed by atoms with Crippen molar-refractivity contribution in [2.75, 3.05) is 0 Å². The van der Waals surface area contributed by atoms with Crippen LogP contribution in [0.3, 0.4) is 0 Å². The monoisotopic (exact) mass is 927 g/mol. The highest BCUT2D eigenvalue weighted by molar-refractivity contribution is 7.20. The van der Waals surface area contributed by atoms with E-state index < -0.39 is 144 Å². The van der Waals surface area contributed by atoms with Gasteiger partial charge in [-0.05, 0) is 46.1 Å². The minimum Gasteiger partial charge on any atom is -0.327 e. The summed E-state index contributed by atoms with van der Waals surface area (Å²) in [6.45, 7) is 12.7. The summed E-state index contributed by atoms with van der Waals surface area (Å²) in [4.78, 5) is 1.67. The molecular weight excluding hydrogens is 897 g/mol. The molecule has 0 amide bonds. The third-order valence-electron chi connectivity index (χ3n) is 10.4. The first-order chi connectivity index (χ1) is 29.2. The average molecular weight is 927 g/mol. The molecule has 5 aromatic rings. The Morgan fingerprint density at radius 1 is 0.381 bits per heavy atom. The van der Waals surface area contributed by atoms with E-state index in [1.54, 1.807) is 4.90 Å². The van der Waals surface area contributed by atoms with E-state index >= 15 is 35.1 Å². The summed E-state index contributed by atoms with van der Waals surface area (Å²) < 4.78 is 294. The van der Waals surface area contributed by atoms with E-state index in [0.29, 0.717) is 12.1 Å². The first-order valence-electron chi connectivity index (χ1n) is 18.4. The van der Waals surface area contributed by atoms with Gasteiger partial charge in [-0.25, -0.2) is 87.8 Å². The molecule has 1 nitrogen and oxygen atoms in total. The van der Waals surface area contributed by atoms with Gasteiger partial charge in [-0.2, -0.15) is 0 Å². The summed E-state index contributed by atoms with van der Waals surface area (Å²) in [5, 5.41) is 0. The van der Waals surface area contributed by atoms with Crippen molar-refractivity contribution < 1.29 is 92.7 Å². The maximum atomic E-state index is 15.4. The zero-order chi connectivity index (χ0) is 47.9. The number of nitrogens with one attached hydrogen (secondary N) is 1. The van der Waals surface area contributed by atoms with Gasteiger partial charge in [0.05, 0.1) is 12.1 Å². The van der Waals surface area contributed by atoms with Crippen LogP contribution in [0.15, 0.2) is 24.3 Å². The van der Waals surface area contributed by atoms with Gasteiger partial charge >= 0.3 is 0 Å². The van der Waals surface area contributed by atoms with Crippen LogP contribution in [0.25, 0.3) is 0 Å². The molecule has 0 saturated heterocycles. The van der Waals surface area contributed by atoms with Crippen molar-refractivity contribution in [1.29, 1.82) is 0 Å². The summed E-state index contributed by atoms with van der Waals surface area (Å²) >= 11 is 0. The summed E-state index contributed by atoms with van der Waals surface area (Å²) in [6.07, 6.45) is -3.41. The minimum absolute atomic E-state index is 0.685. The molecule has 0 aliphatic heterocycles. The number of aryl methyl sites for hydroxylation is 1. The molecule has 63 heavy (non-hydrogen) atoms.